The number of carboxylic acid groups (broad SMARTS) is 1. The van der Waals surface area contributed by atoms with Crippen molar-refractivity contribution in [1.29, 1.82) is 0 Å². The van der Waals surface area contributed by atoms with Crippen molar-refractivity contribution in [3.05, 3.63) is 35.9 Å². The Morgan fingerprint density at radius 2 is 2.05 bits per heavy atom. The van der Waals surface area contributed by atoms with Gasteiger partial charge >= 0.3 is 12.0 Å². The van der Waals surface area contributed by atoms with Gasteiger partial charge in [-0.25, -0.2) is 4.79 Å². The van der Waals surface area contributed by atoms with Crippen molar-refractivity contribution in [3.63, 3.8) is 0 Å². The summed E-state index contributed by atoms with van der Waals surface area (Å²) in [6, 6.07) is 10.2. The molecule has 1 fully saturated rings. The second kappa shape index (κ2) is 6.41. The summed E-state index contributed by atoms with van der Waals surface area (Å²) in [7, 11) is 1.69. The van der Waals surface area contributed by atoms with Crippen LogP contribution in [0, 0.1) is 0 Å². The molecule has 0 aliphatic heterocycles. The molecule has 0 spiro atoms. The molecule has 2 rings (SSSR count). The fourth-order valence-corrected chi connectivity index (χ4v) is 2.26. The molecular weight excluding hydrogens is 256 g/mol. The number of rotatable bonds is 6. The largest absolute Gasteiger partial charge is 0.481 e. The van der Waals surface area contributed by atoms with E-state index in [4.69, 9.17) is 5.11 Å². The smallest absolute Gasteiger partial charge is 0.317 e. The summed E-state index contributed by atoms with van der Waals surface area (Å²) >= 11 is 0. The molecule has 2 amide bonds. The van der Waals surface area contributed by atoms with Gasteiger partial charge in [0.1, 0.15) is 0 Å². The molecule has 1 aliphatic rings. The minimum absolute atomic E-state index is 0.0910. The summed E-state index contributed by atoms with van der Waals surface area (Å²) in [4.78, 5) is 23.9. The lowest BCUT2D eigenvalue weighted by Crippen LogP contribution is -2.39. The lowest BCUT2D eigenvalue weighted by atomic mass is 10.1. The summed E-state index contributed by atoms with van der Waals surface area (Å²) in [6.07, 6.45) is 1.54. The van der Waals surface area contributed by atoms with Crippen LogP contribution in [0.15, 0.2) is 30.3 Å². The Balaban J connectivity index is 1.72. The van der Waals surface area contributed by atoms with Gasteiger partial charge in [0.15, 0.2) is 0 Å². The Hall–Kier alpha value is -2.04. The average Bonchev–Trinajstić information content (AvgIpc) is 3.18. The summed E-state index contributed by atoms with van der Waals surface area (Å²) in [5, 5.41) is 11.5. The normalized spacial score (nSPS) is 20.2. The van der Waals surface area contributed by atoms with Crippen LogP contribution in [-0.4, -0.2) is 41.6 Å². The van der Waals surface area contributed by atoms with E-state index in [0.29, 0.717) is 18.9 Å². The first-order chi connectivity index (χ1) is 9.58. The zero-order valence-corrected chi connectivity index (χ0v) is 11.6. The van der Waals surface area contributed by atoms with Crippen LogP contribution in [0.1, 0.15) is 30.7 Å². The highest BCUT2D eigenvalue weighted by molar-refractivity contribution is 5.75. The monoisotopic (exact) mass is 276 g/mol. The first-order valence-corrected chi connectivity index (χ1v) is 6.86. The van der Waals surface area contributed by atoms with Crippen LogP contribution in [0.25, 0.3) is 0 Å². The van der Waals surface area contributed by atoms with E-state index in [1.165, 1.54) is 5.56 Å². The number of hydrogen-bond donors (Lipinski definition) is 2. The fourth-order valence-electron chi connectivity index (χ4n) is 2.26. The number of nitrogens with one attached hydrogen (secondary N) is 1. The van der Waals surface area contributed by atoms with Crippen LogP contribution in [-0.2, 0) is 4.79 Å². The van der Waals surface area contributed by atoms with E-state index in [0.717, 1.165) is 6.42 Å². The third kappa shape index (κ3) is 3.98. The quantitative estimate of drug-likeness (QED) is 0.835. The van der Waals surface area contributed by atoms with Gasteiger partial charge in [-0.1, -0.05) is 30.3 Å². The van der Waals surface area contributed by atoms with Crippen molar-refractivity contribution in [2.45, 2.75) is 31.2 Å². The van der Waals surface area contributed by atoms with E-state index in [2.05, 4.69) is 17.4 Å². The molecule has 1 aromatic rings. The molecule has 1 saturated carbocycles. The Labute approximate surface area is 118 Å². The Morgan fingerprint density at radius 1 is 1.35 bits per heavy atom. The van der Waals surface area contributed by atoms with Crippen LogP contribution in [0.5, 0.6) is 0 Å². The van der Waals surface area contributed by atoms with Gasteiger partial charge in [-0.05, 0) is 18.4 Å². The van der Waals surface area contributed by atoms with Gasteiger partial charge in [0.05, 0.1) is 0 Å². The fraction of sp³-hybridized carbons (Fsp3) is 0.467. The van der Waals surface area contributed by atoms with Crippen LogP contribution >= 0.6 is 0 Å². The molecule has 2 atom stereocenters. The minimum atomic E-state index is -0.829. The molecule has 0 heterocycles. The van der Waals surface area contributed by atoms with Crippen molar-refractivity contribution in [1.82, 2.24) is 10.2 Å². The van der Waals surface area contributed by atoms with Gasteiger partial charge in [-0.3, -0.25) is 4.79 Å². The van der Waals surface area contributed by atoms with E-state index < -0.39 is 5.97 Å². The molecule has 20 heavy (non-hydrogen) atoms. The molecule has 0 radical (unpaired) electrons. The highest BCUT2D eigenvalue weighted by Gasteiger charge is 2.39. The highest BCUT2D eigenvalue weighted by Crippen LogP contribution is 2.40. The topological polar surface area (TPSA) is 69.6 Å². The predicted octanol–water partition coefficient (Wildman–Crippen LogP) is 2.05. The SMILES string of the molecule is CN(CCCC(=O)O)C(=O)NC1CC1c1ccccc1. The minimum Gasteiger partial charge on any atom is -0.481 e. The van der Waals surface area contributed by atoms with Crippen LogP contribution in [0.2, 0.25) is 0 Å². The number of carboxylic acids is 1. The Morgan fingerprint density at radius 3 is 2.70 bits per heavy atom. The molecule has 2 N–H and O–H groups in total. The van der Waals surface area contributed by atoms with Gasteiger partial charge in [0.2, 0.25) is 0 Å². The first kappa shape index (κ1) is 14.4. The molecule has 0 aromatic heterocycles. The lowest BCUT2D eigenvalue weighted by Gasteiger charge is -2.17. The van der Waals surface area contributed by atoms with Gasteiger partial charge in [0, 0.05) is 32.0 Å². The Kier molecular flexibility index (Phi) is 4.61. The number of nitrogens with zero attached hydrogens (tertiary/aromatic N) is 1. The molecule has 108 valence electrons. The highest BCUT2D eigenvalue weighted by atomic mass is 16.4. The number of amides is 2. The Bertz CT molecular complexity index is 475. The molecule has 0 saturated heterocycles. The number of benzene rings is 1. The van der Waals surface area contributed by atoms with Crippen molar-refractivity contribution < 1.29 is 14.7 Å². The average molecular weight is 276 g/mol. The van der Waals surface area contributed by atoms with Crippen molar-refractivity contribution in [3.8, 4) is 0 Å². The molecule has 1 aliphatic carbocycles. The second-order valence-electron chi connectivity index (χ2n) is 5.23. The first-order valence-electron chi connectivity index (χ1n) is 6.86. The zero-order chi connectivity index (χ0) is 14.5. The molecular formula is C15H20N2O3. The maximum Gasteiger partial charge on any atom is 0.317 e. The van der Waals surface area contributed by atoms with E-state index in [9.17, 15) is 9.59 Å². The van der Waals surface area contributed by atoms with Gasteiger partial charge in [0.25, 0.3) is 0 Å². The van der Waals surface area contributed by atoms with Crippen LogP contribution in [0.3, 0.4) is 0 Å². The number of urea groups is 1. The molecule has 2 unspecified atom stereocenters. The van der Waals surface area contributed by atoms with E-state index >= 15 is 0 Å². The third-order valence-electron chi connectivity index (χ3n) is 3.56. The standard InChI is InChI=1S/C15H20N2O3/c1-17(9-5-8-14(18)19)15(20)16-13-10-12(13)11-6-3-2-4-7-11/h2-4,6-7,12-13H,5,8-10H2,1H3,(H,16,20)(H,18,19). The lowest BCUT2D eigenvalue weighted by molar-refractivity contribution is -0.137. The zero-order valence-electron chi connectivity index (χ0n) is 11.6. The maximum atomic E-state index is 11.9. The molecule has 5 nitrogen and oxygen atoms in total. The summed E-state index contributed by atoms with van der Waals surface area (Å²) in [5.74, 6) is -0.419. The number of carbonyl (C=O) groups is 2. The molecule has 5 heteroatoms. The number of hydrogen-bond acceptors (Lipinski definition) is 2. The molecule has 1 aromatic carbocycles. The summed E-state index contributed by atoms with van der Waals surface area (Å²) in [5.41, 5.74) is 1.26. The van der Waals surface area contributed by atoms with E-state index in [-0.39, 0.29) is 18.5 Å². The van der Waals surface area contributed by atoms with Gasteiger partial charge < -0.3 is 15.3 Å². The van der Waals surface area contributed by atoms with Crippen molar-refractivity contribution in [2.24, 2.45) is 0 Å². The van der Waals surface area contributed by atoms with Gasteiger partial charge in [-0.2, -0.15) is 0 Å². The van der Waals surface area contributed by atoms with Gasteiger partial charge in [-0.15, -0.1) is 0 Å². The summed E-state index contributed by atoms with van der Waals surface area (Å²) in [6.45, 7) is 0.459. The van der Waals surface area contributed by atoms with Crippen molar-refractivity contribution in [2.75, 3.05) is 13.6 Å². The predicted molar refractivity (Wildman–Crippen MR) is 75.6 cm³/mol. The van der Waals surface area contributed by atoms with Crippen LogP contribution in [0.4, 0.5) is 4.79 Å². The third-order valence-corrected chi connectivity index (χ3v) is 3.56. The maximum absolute atomic E-state index is 11.9. The number of carbonyl (C=O) groups excluding carboxylic acids is 1. The van der Waals surface area contributed by atoms with E-state index in [1.54, 1.807) is 11.9 Å². The van der Waals surface area contributed by atoms with E-state index in [1.807, 2.05) is 18.2 Å². The number of aliphatic carboxylic acids is 1. The summed E-state index contributed by atoms with van der Waals surface area (Å²) < 4.78 is 0. The van der Waals surface area contributed by atoms with Crippen molar-refractivity contribution >= 4 is 12.0 Å². The van der Waals surface area contributed by atoms with Crippen LogP contribution < -0.4 is 5.32 Å². The second-order valence-corrected chi connectivity index (χ2v) is 5.23. The molecule has 0 bridgehead atoms.